The first-order valence-corrected chi connectivity index (χ1v) is 8.08. The van der Waals surface area contributed by atoms with Gasteiger partial charge in [-0.15, -0.1) is 11.3 Å². The molecule has 0 spiro atoms. The Hall–Kier alpha value is -1.79. The molecular weight excluding hydrogens is 300 g/mol. The highest BCUT2D eigenvalue weighted by atomic mass is 32.1. The van der Waals surface area contributed by atoms with Gasteiger partial charge in [0.15, 0.2) is 10.6 Å². The predicted octanol–water partition coefficient (Wildman–Crippen LogP) is 4.31. The highest BCUT2D eigenvalue weighted by molar-refractivity contribution is 7.71. The van der Waals surface area contributed by atoms with E-state index in [1.807, 2.05) is 12.1 Å². The third kappa shape index (κ3) is 2.69. The van der Waals surface area contributed by atoms with Crippen molar-refractivity contribution in [3.63, 3.8) is 0 Å². The van der Waals surface area contributed by atoms with E-state index in [0.717, 1.165) is 11.4 Å². The van der Waals surface area contributed by atoms with E-state index in [9.17, 15) is 0 Å². The summed E-state index contributed by atoms with van der Waals surface area (Å²) in [7, 11) is 0. The van der Waals surface area contributed by atoms with Crippen molar-refractivity contribution in [2.24, 2.45) is 5.92 Å². The third-order valence-electron chi connectivity index (χ3n) is 3.39. The number of nitrogens with one attached hydrogen (secondary N) is 1. The molecule has 108 valence electrons. The van der Waals surface area contributed by atoms with Gasteiger partial charge in [-0.05, 0) is 41.7 Å². The van der Waals surface area contributed by atoms with Gasteiger partial charge in [-0.25, -0.2) is 0 Å². The Morgan fingerprint density at radius 3 is 2.62 bits per heavy atom. The van der Waals surface area contributed by atoms with Crippen LogP contribution in [-0.2, 0) is 0 Å². The van der Waals surface area contributed by atoms with Crippen molar-refractivity contribution in [2.75, 3.05) is 0 Å². The lowest BCUT2D eigenvalue weighted by molar-refractivity contribution is 0.442. The maximum absolute atomic E-state index is 5.48. The molecule has 1 N–H and O–H groups in total. The summed E-state index contributed by atoms with van der Waals surface area (Å²) in [5, 5.41) is 9.45. The van der Waals surface area contributed by atoms with Gasteiger partial charge in [0, 0.05) is 22.8 Å². The number of thiophene rings is 1. The van der Waals surface area contributed by atoms with E-state index in [4.69, 9.17) is 12.2 Å². The molecule has 0 saturated carbocycles. The van der Waals surface area contributed by atoms with Crippen molar-refractivity contribution in [3.05, 3.63) is 51.7 Å². The van der Waals surface area contributed by atoms with Gasteiger partial charge in [0.1, 0.15) is 0 Å². The van der Waals surface area contributed by atoms with E-state index >= 15 is 0 Å². The van der Waals surface area contributed by atoms with Crippen LogP contribution in [0, 0.1) is 10.7 Å². The van der Waals surface area contributed by atoms with Crippen molar-refractivity contribution in [3.8, 4) is 11.4 Å². The van der Waals surface area contributed by atoms with Crippen LogP contribution in [0.25, 0.3) is 11.4 Å². The van der Waals surface area contributed by atoms with Crippen LogP contribution in [0.3, 0.4) is 0 Å². The maximum atomic E-state index is 5.48. The molecule has 0 aliphatic rings. The SMILES string of the molecule is CC(C)C(c1cccs1)n1c(-c2ccncc2)n[nH]c1=S. The summed E-state index contributed by atoms with van der Waals surface area (Å²) in [4.78, 5) is 5.36. The summed E-state index contributed by atoms with van der Waals surface area (Å²) in [5.41, 5.74) is 1.01. The smallest absolute Gasteiger partial charge is 0.196 e. The topological polar surface area (TPSA) is 46.5 Å². The summed E-state index contributed by atoms with van der Waals surface area (Å²) in [6, 6.07) is 8.31. The van der Waals surface area contributed by atoms with Crippen LogP contribution < -0.4 is 0 Å². The van der Waals surface area contributed by atoms with Crippen molar-refractivity contribution >= 4 is 23.6 Å². The Kier molecular flexibility index (Phi) is 3.98. The van der Waals surface area contributed by atoms with Crippen LogP contribution in [0.15, 0.2) is 42.0 Å². The second-order valence-corrected chi connectivity index (χ2v) is 6.53. The lowest BCUT2D eigenvalue weighted by Gasteiger charge is -2.22. The second kappa shape index (κ2) is 5.91. The molecule has 21 heavy (non-hydrogen) atoms. The van der Waals surface area contributed by atoms with Crippen molar-refractivity contribution in [1.82, 2.24) is 19.7 Å². The van der Waals surface area contributed by atoms with Crippen LogP contribution in [0.2, 0.25) is 0 Å². The maximum Gasteiger partial charge on any atom is 0.196 e. The molecule has 1 atom stereocenters. The molecule has 3 aromatic heterocycles. The van der Waals surface area contributed by atoms with Gasteiger partial charge in [-0.1, -0.05) is 19.9 Å². The predicted molar refractivity (Wildman–Crippen MR) is 87.9 cm³/mol. The zero-order valence-corrected chi connectivity index (χ0v) is 13.5. The molecule has 0 aliphatic carbocycles. The summed E-state index contributed by atoms with van der Waals surface area (Å²) < 4.78 is 2.76. The molecule has 0 radical (unpaired) electrons. The van der Waals surface area contributed by atoms with Crippen LogP contribution in [0.4, 0.5) is 0 Å². The average molecular weight is 316 g/mol. The highest BCUT2D eigenvalue weighted by Crippen LogP contribution is 2.33. The number of rotatable bonds is 4. The minimum Gasteiger partial charge on any atom is -0.291 e. The quantitative estimate of drug-likeness (QED) is 0.730. The van der Waals surface area contributed by atoms with E-state index in [2.05, 4.69) is 51.1 Å². The lowest BCUT2D eigenvalue weighted by atomic mass is 10.0. The second-order valence-electron chi connectivity index (χ2n) is 5.16. The average Bonchev–Trinajstić information content (AvgIpc) is 3.12. The molecule has 1 unspecified atom stereocenters. The van der Waals surface area contributed by atoms with Gasteiger partial charge in [0.25, 0.3) is 0 Å². The largest absolute Gasteiger partial charge is 0.291 e. The lowest BCUT2D eigenvalue weighted by Crippen LogP contribution is -2.17. The molecule has 0 saturated heterocycles. The number of hydrogen-bond donors (Lipinski definition) is 1. The fraction of sp³-hybridized carbons (Fsp3) is 0.267. The number of hydrogen-bond acceptors (Lipinski definition) is 4. The number of nitrogens with zero attached hydrogens (tertiary/aromatic N) is 3. The van der Waals surface area contributed by atoms with Crippen molar-refractivity contribution in [1.29, 1.82) is 0 Å². The molecule has 0 fully saturated rings. The van der Waals surface area contributed by atoms with Gasteiger partial charge >= 0.3 is 0 Å². The van der Waals surface area contributed by atoms with Crippen LogP contribution >= 0.6 is 23.6 Å². The minimum atomic E-state index is 0.180. The molecule has 0 aliphatic heterocycles. The fourth-order valence-corrected chi connectivity index (χ4v) is 3.71. The third-order valence-corrected chi connectivity index (χ3v) is 4.62. The highest BCUT2D eigenvalue weighted by Gasteiger charge is 2.23. The van der Waals surface area contributed by atoms with Gasteiger partial charge in [0.05, 0.1) is 6.04 Å². The Morgan fingerprint density at radius 1 is 1.24 bits per heavy atom. The Balaban J connectivity index is 2.18. The zero-order chi connectivity index (χ0) is 14.8. The molecule has 3 heterocycles. The van der Waals surface area contributed by atoms with E-state index in [1.54, 1.807) is 23.7 Å². The number of aromatic amines is 1. The molecule has 3 aromatic rings. The summed E-state index contributed by atoms with van der Waals surface area (Å²) >= 11 is 7.23. The summed E-state index contributed by atoms with van der Waals surface area (Å²) in [5.74, 6) is 1.27. The van der Waals surface area contributed by atoms with Gasteiger partial charge < -0.3 is 0 Å². The van der Waals surface area contributed by atoms with E-state index < -0.39 is 0 Å². The van der Waals surface area contributed by atoms with Crippen LogP contribution in [-0.4, -0.2) is 19.7 Å². The number of aromatic nitrogens is 4. The molecule has 0 amide bonds. The van der Waals surface area contributed by atoms with Crippen molar-refractivity contribution < 1.29 is 0 Å². The molecule has 3 rings (SSSR count). The monoisotopic (exact) mass is 316 g/mol. The van der Waals surface area contributed by atoms with Crippen LogP contribution in [0.5, 0.6) is 0 Å². The molecule has 0 aromatic carbocycles. The summed E-state index contributed by atoms with van der Waals surface area (Å²) in [6.07, 6.45) is 3.54. The van der Waals surface area contributed by atoms with Gasteiger partial charge in [0.2, 0.25) is 0 Å². The van der Waals surface area contributed by atoms with Crippen LogP contribution in [0.1, 0.15) is 24.8 Å². The summed E-state index contributed by atoms with van der Waals surface area (Å²) in [6.45, 7) is 4.41. The Bertz CT molecular complexity index is 757. The Morgan fingerprint density at radius 2 is 2.00 bits per heavy atom. The standard InChI is InChI=1S/C15H16N4S2/c1-10(2)13(12-4-3-9-21-12)19-14(17-18-15(19)20)11-5-7-16-8-6-11/h3-10,13H,1-2H3,(H,18,20). The first-order valence-electron chi connectivity index (χ1n) is 6.79. The molecule has 0 bridgehead atoms. The van der Waals surface area contributed by atoms with E-state index in [0.29, 0.717) is 10.7 Å². The molecule has 4 nitrogen and oxygen atoms in total. The van der Waals surface area contributed by atoms with Gasteiger partial charge in [-0.2, -0.15) is 5.10 Å². The molecule has 6 heteroatoms. The zero-order valence-electron chi connectivity index (χ0n) is 11.9. The first-order chi connectivity index (χ1) is 10.2. The molecular formula is C15H16N4S2. The van der Waals surface area contributed by atoms with E-state index in [1.165, 1.54) is 4.88 Å². The fourth-order valence-electron chi connectivity index (χ4n) is 2.48. The van der Waals surface area contributed by atoms with E-state index in [-0.39, 0.29) is 6.04 Å². The minimum absolute atomic E-state index is 0.180. The number of pyridine rings is 1. The van der Waals surface area contributed by atoms with Crippen molar-refractivity contribution in [2.45, 2.75) is 19.9 Å². The normalized spacial score (nSPS) is 12.7. The first kappa shape index (κ1) is 14.2. The van der Waals surface area contributed by atoms with Gasteiger partial charge in [-0.3, -0.25) is 14.6 Å². The Labute approximate surface area is 132 Å². The number of H-pyrrole nitrogens is 1.